The number of hydrogen-bond donors (Lipinski definition) is 1. The van der Waals surface area contributed by atoms with Crippen LogP contribution in [-0.4, -0.2) is 49.3 Å². The van der Waals surface area contributed by atoms with Crippen LogP contribution in [-0.2, 0) is 4.74 Å². The second-order valence-electron chi connectivity index (χ2n) is 5.14. The lowest BCUT2D eigenvalue weighted by Gasteiger charge is -2.41. The highest BCUT2D eigenvalue weighted by molar-refractivity contribution is 4.90. The number of piperidine rings is 1. The van der Waals surface area contributed by atoms with E-state index in [0.29, 0.717) is 6.10 Å². The van der Waals surface area contributed by atoms with Crippen molar-refractivity contribution >= 4 is 0 Å². The van der Waals surface area contributed by atoms with Gasteiger partial charge in [-0.25, -0.2) is 0 Å². The van der Waals surface area contributed by atoms with E-state index in [-0.39, 0.29) is 0 Å². The maximum Gasteiger partial charge on any atom is 0.0604 e. The molecular formula is C13H26N2O. The smallest absolute Gasteiger partial charge is 0.0604 e. The zero-order valence-corrected chi connectivity index (χ0v) is 10.7. The van der Waals surface area contributed by atoms with Gasteiger partial charge in [-0.15, -0.1) is 0 Å². The number of nitrogens with zero attached hydrogens (tertiary/aromatic N) is 1. The molecule has 1 atom stereocenters. The van der Waals surface area contributed by atoms with E-state index in [1.807, 2.05) is 0 Å². The van der Waals surface area contributed by atoms with Gasteiger partial charge in [0.05, 0.1) is 6.10 Å². The summed E-state index contributed by atoms with van der Waals surface area (Å²) in [7, 11) is 0. The fourth-order valence-corrected chi connectivity index (χ4v) is 2.89. The SMILES string of the molecule is CCOC1CC(NC2CCCN(CC)C2)C1. The van der Waals surface area contributed by atoms with Gasteiger partial charge in [0.25, 0.3) is 0 Å². The zero-order valence-electron chi connectivity index (χ0n) is 10.7. The number of hydrogen-bond acceptors (Lipinski definition) is 3. The largest absolute Gasteiger partial charge is 0.378 e. The average molecular weight is 226 g/mol. The molecule has 1 saturated carbocycles. The minimum atomic E-state index is 0.536. The molecule has 1 aliphatic carbocycles. The molecule has 0 spiro atoms. The summed E-state index contributed by atoms with van der Waals surface area (Å²) in [5.74, 6) is 0. The summed E-state index contributed by atoms with van der Waals surface area (Å²) in [6.07, 6.45) is 5.68. The van der Waals surface area contributed by atoms with Crippen LogP contribution in [0.2, 0.25) is 0 Å². The molecule has 2 aliphatic rings. The van der Waals surface area contributed by atoms with Crippen molar-refractivity contribution in [3.63, 3.8) is 0 Å². The topological polar surface area (TPSA) is 24.5 Å². The van der Waals surface area contributed by atoms with Crippen LogP contribution in [0.5, 0.6) is 0 Å². The van der Waals surface area contributed by atoms with Gasteiger partial charge in [0.15, 0.2) is 0 Å². The molecule has 0 aromatic rings. The van der Waals surface area contributed by atoms with Crippen molar-refractivity contribution in [2.45, 2.75) is 57.7 Å². The maximum atomic E-state index is 5.59. The number of rotatable bonds is 5. The molecule has 94 valence electrons. The van der Waals surface area contributed by atoms with Crippen molar-refractivity contribution < 1.29 is 4.74 Å². The Morgan fingerprint density at radius 3 is 2.75 bits per heavy atom. The lowest BCUT2D eigenvalue weighted by atomic mass is 9.88. The van der Waals surface area contributed by atoms with E-state index >= 15 is 0 Å². The van der Waals surface area contributed by atoms with Crippen molar-refractivity contribution in [1.82, 2.24) is 10.2 Å². The van der Waals surface area contributed by atoms with Crippen molar-refractivity contribution in [1.29, 1.82) is 0 Å². The predicted molar refractivity (Wildman–Crippen MR) is 66.7 cm³/mol. The molecule has 3 heteroatoms. The lowest BCUT2D eigenvalue weighted by molar-refractivity contribution is -0.0146. The fourth-order valence-electron chi connectivity index (χ4n) is 2.89. The highest BCUT2D eigenvalue weighted by atomic mass is 16.5. The quantitative estimate of drug-likeness (QED) is 0.771. The molecule has 0 aromatic carbocycles. The zero-order chi connectivity index (χ0) is 11.4. The first-order valence-electron chi connectivity index (χ1n) is 6.91. The second kappa shape index (κ2) is 5.99. The van der Waals surface area contributed by atoms with Crippen LogP contribution in [0, 0.1) is 0 Å². The minimum absolute atomic E-state index is 0.536. The van der Waals surface area contributed by atoms with E-state index in [0.717, 1.165) is 18.7 Å². The van der Waals surface area contributed by atoms with Crippen LogP contribution < -0.4 is 5.32 Å². The number of likely N-dealkylation sites (tertiary alicyclic amines) is 1. The Morgan fingerprint density at radius 1 is 1.25 bits per heavy atom. The minimum Gasteiger partial charge on any atom is -0.378 e. The van der Waals surface area contributed by atoms with Crippen LogP contribution in [0.3, 0.4) is 0 Å². The molecule has 2 rings (SSSR count). The Kier molecular flexibility index (Phi) is 4.62. The Balaban J connectivity index is 1.63. The fraction of sp³-hybridized carbons (Fsp3) is 1.00. The number of likely N-dealkylation sites (N-methyl/N-ethyl adjacent to an activating group) is 1. The summed E-state index contributed by atoms with van der Waals surface area (Å²) in [6.45, 7) is 8.94. The van der Waals surface area contributed by atoms with Crippen molar-refractivity contribution in [2.24, 2.45) is 0 Å². The van der Waals surface area contributed by atoms with Crippen LogP contribution in [0.15, 0.2) is 0 Å². The molecule has 0 aromatic heterocycles. The van der Waals surface area contributed by atoms with E-state index in [1.54, 1.807) is 0 Å². The molecule has 1 unspecified atom stereocenters. The summed E-state index contributed by atoms with van der Waals surface area (Å²) in [6, 6.07) is 1.44. The molecule has 1 N–H and O–H groups in total. The van der Waals surface area contributed by atoms with Gasteiger partial charge in [0.2, 0.25) is 0 Å². The highest BCUT2D eigenvalue weighted by Crippen LogP contribution is 2.24. The molecule has 16 heavy (non-hydrogen) atoms. The molecule has 2 fully saturated rings. The van der Waals surface area contributed by atoms with Crippen LogP contribution in [0.1, 0.15) is 39.5 Å². The molecule has 3 nitrogen and oxygen atoms in total. The summed E-state index contributed by atoms with van der Waals surface area (Å²) >= 11 is 0. The molecule has 1 aliphatic heterocycles. The van der Waals surface area contributed by atoms with Gasteiger partial charge in [0.1, 0.15) is 0 Å². The predicted octanol–water partition coefficient (Wildman–Crippen LogP) is 1.63. The number of ether oxygens (including phenoxy) is 1. The molecule has 0 radical (unpaired) electrons. The number of nitrogens with one attached hydrogen (secondary N) is 1. The van der Waals surface area contributed by atoms with E-state index in [2.05, 4.69) is 24.1 Å². The monoisotopic (exact) mass is 226 g/mol. The van der Waals surface area contributed by atoms with Gasteiger partial charge >= 0.3 is 0 Å². The Hall–Kier alpha value is -0.120. The van der Waals surface area contributed by atoms with Gasteiger partial charge in [-0.1, -0.05) is 6.92 Å². The van der Waals surface area contributed by atoms with Crippen LogP contribution >= 0.6 is 0 Å². The van der Waals surface area contributed by atoms with E-state index in [1.165, 1.54) is 45.3 Å². The first-order valence-corrected chi connectivity index (χ1v) is 6.91. The Bertz CT molecular complexity index is 204. The first kappa shape index (κ1) is 12.3. The van der Waals surface area contributed by atoms with Crippen LogP contribution in [0.4, 0.5) is 0 Å². The lowest BCUT2D eigenvalue weighted by Crippen LogP contribution is -2.54. The molecule has 0 bridgehead atoms. The summed E-state index contributed by atoms with van der Waals surface area (Å²) in [5, 5.41) is 3.79. The molecule has 1 saturated heterocycles. The molecule has 1 heterocycles. The third kappa shape index (κ3) is 3.19. The van der Waals surface area contributed by atoms with Crippen molar-refractivity contribution in [3.8, 4) is 0 Å². The Labute approximate surface area is 99.5 Å². The Morgan fingerprint density at radius 2 is 2.06 bits per heavy atom. The van der Waals surface area contributed by atoms with E-state index < -0.39 is 0 Å². The second-order valence-corrected chi connectivity index (χ2v) is 5.14. The van der Waals surface area contributed by atoms with Gasteiger partial charge in [0, 0.05) is 25.2 Å². The third-order valence-corrected chi connectivity index (χ3v) is 3.92. The van der Waals surface area contributed by atoms with Crippen molar-refractivity contribution in [2.75, 3.05) is 26.2 Å². The van der Waals surface area contributed by atoms with Crippen molar-refractivity contribution in [3.05, 3.63) is 0 Å². The standard InChI is InChI=1S/C13H26N2O/c1-3-15-7-5-6-11(10-15)14-12-8-13(9-12)16-4-2/h11-14H,3-10H2,1-2H3. The molecule has 0 amide bonds. The van der Waals surface area contributed by atoms with Crippen LogP contribution in [0.25, 0.3) is 0 Å². The highest BCUT2D eigenvalue weighted by Gasteiger charge is 2.31. The summed E-state index contributed by atoms with van der Waals surface area (Å²) in [4.78, 5) is 2.56. The van der Waals surface area contributed by atoms with E-state index in [9.17, 15) is 0 Å². The van der Waals surface area contributed by atoms with E-state index in [4.69, 9.17) is 4.74 Å². The summed E-state index contributed by atoms with van der Waals surface area (Å²) in [5.41, 5.74) is 0. The van der Waals surface area contributed by atoms with Gasteiger partial charge in [-0.3, -0.25) is 0 Å². The third-order valence-electron chi connectivity index (χ3n) is 3.92. The normalized spacial score (nSPS) is 36.0. The summed E-state index contributed by atoms with van der Waals surface area (Å²) < 4.78 is 5.59. The molecular weight excluding hydrogens is 200 g/mol. The van der Waals surface area contributed by atoms with Gasteiger partial charge < -0.3 is 15.0 Å². The van der Waals surface area contributed by atoms with Gasteiger partial charge in [-0.2, -0.15) is 0 Å². The first-order chi connectivity index (χ1) is 7.81. The van der Waals surface area contributed by atoms with Gasteiger partial charge in [-0.05, 0) is 45.7 Å². The maximum absolute atomic E-state index is 5.59. The average Bonchev–Trinajstić information content (AvgIpc) is 2.27.